The second kappa shape index (κ2) is 11.6. The summed E-state index contributed by atoms with van der Waals surface area (Å²) in [6, 6.07) is 0.503. The molecule has 0 bridgehead atoms. The number of anilines is 3. The van der Waals surface area contributed by atoms with Crippen molar-refractivity contribution in [1.82, 2.24) is 29.8 Å². The highest BCUT2D eigenvalue weighted by Gasteiger charge is 2.54. The maximum Gasteiger partial charge on any atom is 0.376 e. The van der Waals surface area contributed by atoms with Gasteiger partial charge >= 0.3 is 17.9 Å². The summed E-state index contributed by atoms with van der Waals surface area (Å²) in [6.07, 6.45) is -1.37. The fraction of sp³-hybridized carbons (Fsp3) is 0.318. The molecule has 1 saturated heterocycles. The van der Waals surface area contributed by atoms with E-state index in [0.717, 1.165) is 16.2 Å². The number of thiazole rings is 1. The molecule has 0 aromatic carbocycles. The number of rotatable bonds is 10. The van der Waals surface area contributed by atoms with Crippen LogP contribution >= 0.6 is 34.9 Å². The first-order valence-corrected chi connectivity index (χ1v) is 15.1. The van der Waals surface area contributed by atoms with Crippen molar-refractivity contribution in [3.05, 3.63) is 28.4 Å². The molecule has 2 amide bonds. The van der Waals surface area contributed by atoms with E-state index in [1.807, 2.05) is 0 Å². The molecule has 21 heteroatoms. The Hall–Kier alpha value is -4.63. The number of oxime groups is 1. The van der Waals surface area contributed by atoms with Gasteiger partial charge in [0.2, 0.25) is 16.9 Å². The van der Waals surface area contributed by atoms with Crippen LogP contribution in [0.25, 0.3) is 5.65 Å². The van der Waals surface area contributed by atoms with E-state index in [9.17, 15) is 24.3 Å². The van der Waals surface area contributed by atoms with Crippen molar-refractivity contribution in [3.63, 3.8) is 0 Å². The number of nitrogen functional groups attached to an aromatic ring is 3. The Bertz CT molecular complexity index is 1740. The van der Waals surface area contributed by atoms with Crippen molar-refractivity contribution < 1.29 is 38.8 Å². The molecule has 43 heavy (non-hydrogen) atoms. The number of nitrogens with one attached hydrogen (secondary N) is 1. The molecule has 3 aromatic rings. The zero-order valence-corrected chi connectivity index (χ0v) is 24.8. The van der Waals surface area contributed by atoms with Crippen LogP contribution in [0.15, 0.2) is 33.0 Å². The van der Waals surface area contributed by atoms with E-state index in [1.54, 1.807) is 17.7 Å². The summed E-state index contributed by atoms with van der Waals surface area (Å²) >= 11 is 3.45. The Balaban J connectivity index is 1.34. The molecule has 2 aliphatic heterocycles. The van der Waals surface area contributed by atoms with Gasteiger partial charge in [0.25, 0.3) is 11.8 Å². The summed E-state index contributed by atoms with van der Waals surface area (Å²) < 4.78 is 3.11. The number of carbonyl (C=O) groups excluding carboxylic acids is 2. The number of aliphatic carboxylic acids is 2. The summed E-state index contributed by atoms with van der Waals surface area (Å²) in [5.41, 5.74) is 18.0. The average Bonchev–Trinajstić information content (AvgIpc) is 3.51. The molecule has 18 nitrogen and oxygen atoms in total. The first-order valence-electron chi connectivity index (χ1n) is 12.2. The number of carbonyl (C=O) groups is 4. The number of amides is 2. The maximum atomic E-state index is 13.2. The van der Waals surface area contributed by atoms with E-state index in [-0.39, 0.29) is 39.8 Å². The minimum Gasteiger partial charge on any atom is -0.478 e. The van der Waals surface area contributed by atoms with Crippen LogP contribution < -0.4 is 27.1 Å². The number of nitrogens with zero attached hydrogens (tertiary/aromatic N) is 7. The van der Waals surface area contributed by atoms with Crippen molar-refractivity contribution >= 4 is 86.9 Å². The number of thioether (sulfide) groups is 2. The Kier molecular flexibility index (Phi) is 8.03. The molecule has 5 rings (SSSR count). The van der Waals surface area contributed by atoms with Gasteiger partial charge in [0.15, 0.2) is 10.8 Å². The van der Waals surface area contributed by atoms with Gasteiger partial charge in [-0.05, 0) is 12.5 Å². The SMILES string of the molecule is C[C@@H](O/N=C(\C(=O)NC1C(=O)N2C(C(=O)O)=C(CSc3nc(N)cc4n3nc(N)[n+]4C)CS[C@@H]12)c1csc(N)n1)C(=O)O. The number of hydrogen-bond donors (Lipinski definition) is 6. The molecule has 2 aliphatic rings. The molecule has 3 atom stereocenters. The first-order chi connectivity index (χ1) is 20.4. The fourth-order valence-electron chi connectivity index (χ4n) is 4.13. The first kappa shape index (κ1) is 29.8. The highest BCUT2D eigenvalue weighted by Crippen LogP contribution is 2.41. The molecule has 3 aromatic heterocycles. The molecule has 1 unspecified atom stereocenters. The summed E-state index contributed by atoms with van der Waals surface area (Å²) in [6.45, 7) is 1.22. The summed E-state index contributed by atoms with van der Waals surface area (Å²) in [4.78, 5) is 64.1. The molecular weight excluding hydrogens is 627 g/mol. The van der Waals surface area contributed by atoms with Crippen LogP contribution in [0.1, 0.15) is 12.6 Å². The minimum atomic E-state index is -1.37. The summed E-state index contributed by atoms with van der Waals surface area (Å²) in [5, 5.41) is 30.7. The lowest BCUT2D eigenvalue weighted by molar-refractivity contribution is -0.631. The van der Waals surface area contributed by atoms with E-state index < -0.39 is 47.0 Å². The monoisotopic (exact) mass is 650 g/mol. The van der Waals surface area contributed by atoms with Crippen LogP contribution in [-0.4, -0.2) is 93.2 Å². The lowest BCUT2D eigenvalue weighted by atomic mass is 10.0. The third-order valence-electron chi connectivity index (χ3n) is 6.33. The number of carboxylic acid groups (broad SMARTS) is 2. The predicted molar refractivity (Wildman–Crippen MR) is 155 cm³/mol. The Labute approximate surface area is 253 Å². The van der Waals surface area contributed by atoms with Crippen LogP contribution in [0.2, 0.25) is 0 Å². The van der Waals surface area contributed by atoms with Gasteiger partial charge in [-0.25, -0.2) is 19.1 Å². The summed E-state index contributed by atoms with van der Waals surface area (Å²) in [5.74, 6) is -3.33. The fourth-order valence-corrected chi connectivity index (χ4v) is 7.12. The van der Waals surface area contributed by atoms with Crippen LogP contribution in [0, 0.1) is 0 Å². The van der Waals surface area contributed by atoms with Gasteiger partial charge in [0, 0.05) is 28.1 Å². The molecule has 5 heterocycles. The van der Waals surface area contributed by atoms with Gasteiger partial charge in [-0.15, -0.1) is 23.1 Å². The molecule has 226 valence electrons. The van der Waals surface area contributed by atoms with E-state index in [0.29, 0.717) is 16.4 Å². The van der Waals surface area contributed by atoms with Crippen molar-refractivity contribution in [2.75, 3.05) is 28.7 Å². The second-order valence-electron chi connectivity index (χ2n) is 9.15. The van der Waals surface area contributed by atoms with E-state index in [2.05, 4.69) is 25.5 Å². The number of fused-ring (bicyclic) bond motifs is 2. The molecule has 0 radical (unpaired) electrons. The zero-order chi connectivity index (χ0) is 31.2. The number of carboxylic acids is 2. The number of hydrogen-bond acceptors (Lipinski definition) is 15. The van der Waals surface area contributed by atoms with Crippen LogP contribution in [0.3, 0.4) is 0 Å². The average molecular weight is 651 g/mol. The number of aryl methyl sites for hydroxylation is 1. The Morgan fingerprint density at radius 1 is 1.30 bits per heavy atom. The Morgan fingerprint density at radius 2 is 2.05 bits per heavy atom. The van der Waals surface area contributed by atoms with E-state index >= 15 is 0 Å². The van der Waals surface area contributed by atoms with E-state index in [4.69, 9.17) is 27.1 Å². The molecule has 9 N–H and O–H groups in total. The number of β-lactam (4-membered cyclic amide) rings is 1. The predicted octanol–water partition coefficient (Wildman–Crippen LogP) is -1.52. The highest BCUT2D eigenvalue weighted by molar-refractivity contribution is 8.01. The molecule has 0 aliphatic carbocycles. The Morgan fingerprint density at radius 3 is 2.70 bits per heavy atom. The van der Waals surface area contributed by atoms with Gasteiger partial charge in [0.05, 0.1) is 7.05 Å². The van der Waals surface area contributed by atoms with Gasteiger partial charge in [0.1, 0.15) is 28.6 Å². The largest absolute Gasteiger partial charge is 0.478 e. The van der Waals surface area contributed by atoms with E-state index in [1.165, 1.54) is 40.3 Å². The van der Waals surface area contributed by atoms with Gasteiger partial charge in [-0.3, -0.25) is 14.5 Å². The maximum absolute atomic E-state index is 13.2. The van der Waals surface area contributed by atoms with Crippen LogP contribution in [-0.2, 0) is 31.1 Å². The normalized spacial score (nSPS) is 19.2. The molecular formula is C22H24N11O7S3+. The number of aromatic nitrogens is 5. The number of nitrogens with two attached hydrogens (primary N) is 3. The lowest BCUT2D eigenvalue weighted by Gasteiger charge is -2.49. The van der Waals surface area contributed by atoms with Crippen molar-refractivity contribution in [2.24, 2.45) is 12.2 Å². The summed E-state index contributed by atoms with van der Waals surface area (Å²) in [7, 11) is 1.71. The van der Waals surface area contributed by atoms with Crippen LogP contribution in [0.4, 0.5) is 16.9 Å². The minimum absolute atomic E-state index is 0.0137. The quantitative estimate of drug-likeness (QED) is 0.0363. The van der Waals surface area contributed by atoms with Crippen molar-refractivity contribution in [3.8, 4) is 0 Å². The smallest absolute Gasteiger partial charge is 0.376 e. The lowest BCUT2D eigenvalue weighted by Crippen LogP contribution is -2.71. The molecule has 0 saturated carbocycles. The zero-order valence-electron chi connectivity index (χ0n) is 22.3. The second-order valence-corrected chi connectivity index (χ2v) is 12.1. The third-order valence-corrected chi connectivity index (χ3v) is 9.36. The van der Waals surface area contributed by atoms with Gasteiger partial charge in [-0.2, -0.15) is 4.98 Å². The van der Waals surface area contributed by atoms with Gasteiger partial charge in [-0.1, -0.05) is 21.4 Å². The van der Waals surface area contributed by atoms with Crippen molar-refractivity contribution in [2.45, 2.75) is 29.6 Å². The molecule has 0 spiro atoms. The highest BCUT2D eigenvalue weighted by atomic mass is 32.2. The standard InChI is InChI=1S/C22H23N11O7S3/c1-7(18(36)37)40-30-12(9-6-42-21(25)26-9)15(34)28-13-16(35)32-14(19(38)39)8(4-41-17(13)32)5-43-22-27-10(23)3-11-31(2)20(24)29-33(11)22/h3,6-7,13,17,23H,4-5H2,1-2H3,(H7,24,25,26,28,29,34,36,37,38,39)/p+1/b30-12-/t7-,13?,17+/m1/s1. The molecule has 1 fully saturated rings. The van der Waals surface area contributed by atoms with Gasteiger partial charge < -0.3 is 37.6 Å². The van der Waals surface area contributed by atoms with Crippen molar-refractivity contribution in [1.29, 1.82) is 0 Å². The topological polar surface area (TPSA) is 271 Å². The van der Waals surface area contributed by atoms with Crippen LogP contribution in [0.5, 0.6) is 0 Å². The third kappa shape index (κ3) is 5.60.